The van der Waals surface area contributed by atoms with Gasteiger partial charge in [0.1, 0.15) is 17.7 Å². The Morgan fingerprint density at radius 2 is 1.95 bits per heavy atom. The van der Waals surface area contributed by atoms with E-state index in [1.165, 1.54) is 11.1 Å². The maximum atomic E-state index is 14.1. The van der Waals surface area contributed by atoms with Crippen molar-refractivity contribution >= 4 is 0 Å². The van der Waals surface area contributed by atoms with Gasteiger partial charge < -0.3 is 10.5 Å². The minimum absolute atomic E-state index is 0.120. The molecular formula is C19H22FNO. The molecule has 0 aliphatic carbocycles. The maximum absolute atomic E-state index is 14.1. The third-order valence-electron chi connectivity index (χ3n) is 4.48. The Labute approximate surface area is 131 Å². The van der Waals surface area contributed by atoms with Crippen LogP contribution in [0.15, 0.2) is 30.3 Å². The molecule has 22 heavy (non-hydrogen) atoms. The molecule has 1 unspecified atom stereocenters. The van der Waals surface area contributed by atoms with E-state index in [-0.39, 0.29) is 11.9 Å². The highest BCUT2D eigenvalue weighted by atomic mass is 19.1. The number of hydrogen-bond acceptors (Lipinski definition) is 2. The van der Waals surface area contributed by atoms with Crippen LogP contribution in [0.3, 0.4) is 0 Å². The zero-order valence-corrected chi connectivity index (χ0v) is 13.2. The van der Waals surface area contributed by atoms with Gasteiger partial charge in [0.25, 0.3) is 0 Å². The van der Waals surface area contributed by atoms with Gasteiger partial charge >= 0.3 is 0 Å². The molecule has 2 nitrogen and oxygen atoms in total. The van der Waals surface area contributed by atoms with Gasteiger partial charge in [-0.3, -0.25) is 0 Å². The summed E-state index contributed by atoms with van der Waals surface area (Å²) in [5, 5.41) is 0. The Kier molecular flexibility index (Phi) is 4.16. The number of ether oxygens (including phenoxy) is 1. The van der Waals surface area contributed by atoms with E-state index in [4.69, 9.17) is 10.5 Å². The van der Waals surface area contributed by atoms with Gasteiger partial charge in [-0.1, -0.05) is 32.0 Å². The highest BCUT2D eigenvalue weighted by Gasteiger charge is 2.28. The number of aryl methyl sites for hydroxylation is 1. The van der Waals surface area contributed by atoms with Gasteiger partial charge in [-0.25, -0.2) is 4.39 Å². The standard InChI is InChI=1S/C19H22FNO/c1-3-12-6-5-7-15(14(12)4-2)16-8-9-18(20)17-10-13(11-21)22-19(16)17/h5-9,13H,3-4,10-11,21H2,1-2H3. The molecule has 3 heteroatoms. The van der Waals surface area contributed by atoms with Crippen LogP contribution >= 0.6 is 0 Å². The van der Waals surface area contributed by atoms with E-state index in [0.717, 1.165) is 24.0 Å². The molecule has 2 aromatic carbocycles. The topological polar surface area (TPSA) is 35.2 Å². The molecule has 0 radical (unpaired) electrons. The lowest BCUT2D eigenvalue weighted by atomic mass is 9.91. The van der Waals surface area contributed by atoms with Crippen LogP contribution in [0.1, 0.15) is 30.5 Å². The van der Waals surface area contributed by atoms with Crippen LogP contribution in [0.4, 0.5) is 4.39 Å². The highest BCUT2D eigenvalue weighted by molar-refractivity contribution is 5.76. The molecule has 0 saturated carbocycles. The Bertz CT molecular complexity index is 696. The van der Waals surface area contributed by atoms with E-state index >= 15 is 0 Å². The average molecular weight is 299 g/mol. The van der Waals surface area contributed by atoms with Crippen LogP contribution in [0, 0.1) is 5.82 Å². The van der Waals surface area contributed by atoms with Crippen LogP contribution in [0.25, 0.3) is 11.1 Å². The average Bonchev–Trinajstić information content (AvgIpc) is 2.99. The molecule has 1 heterocycles. The fourth-order valence-electron chi connectivity index (χ4n) is 3.34. The summed E-state index contributed by atoms with van der Waals surface area (Å²) in [6.45, 7) is 4.72. The van der Waals surface area contributed by atoms with Crippen molar-refractivity contribution in [3.05, 3.63) is 52.8 Å². The van der Waals surface area contributed by atoms with Gasteiger partial charge in [0.05, 0.1) is 0 Å². The molecule has 1 atom stereocenters. The monoisotopic (exact) mass is 299 g/mol. The molecule has 0 fully saturated rings. The van der Waals surface area contributed by atoms with Gasteiger partial charge in [0.15, 0.2) is 0 Å². The SMILES string of the molecule is CCc1cccc(-c2ccc(F)c3c2OC(CN)C3)c1CC. The number of nitrogens with two attached hydrogens (primary N) is 1. The first kappa shape index (κ1) is 15.0. The van der Waals surface area contributed by atoms with Crippen LogP contribution in [-0.2, 0) is 19.3 Å². The van der Waals surface area contributed by atoms with Crippen molar-refractivity contribution in [1.82, 2.24) is 0 Å². The lowest BCUT2D eigenvalue weighted by Crippen LogP contribution is -2.24. The van der Waals surface area contributed by atoms with E-state index in [1.54, 1.807) is 6.07 Å². The molecule has 1 aliphatic heterocycles. The second-order valence-corrected chi connectivity index (χ2v) is 5.73. The zero-order valence-electron chi connectivity index (χ0n) is 13.2. The predicted molar refractivity (Wildman–Crippen MR) is 87.8 cm³/mol. The summed E-state index contributed by atoms with van der Waals surface area (Å²) in [5.74, 6) is 0.484. The molecular weight excluding hydrogens is 277 g/mol. The normalized spacial score (nSPS) is 16.5. The summed E-state index contributed by atoms with van der Waals surface area (Å²) in [6, 6.07) is 9.72. The van der Waals surface area contributed by atoms with E-state index in [9.17, 15) is 4.39 Å². The first-order valence-electron chi connectivity index (χ1n) is 7.98. The summed E-state index contributed by atoms with van der Waals surface area (Å²) in [6.07, 6.45) is 2.38. The summed E-state index contributed by atoms with van der Waals surface area (Å²) >= 11 is 0. The Hall–Kier alpha value is -1.87. The smallest absolute Gasteiger partial charge is 0.133 e. The second-order valence-electron chi connectivity index (χ2n) is 5.73. The molecule has 0 saturated heterocycles. The summed E-state index contributed by atoms with van der Waals surface area (Å²) in [4.78, 5) is 0. The molecule has 0 bridgehead atoms. The number of rotatable bonds is 4. The maximum Gasteiger partial charge on any atom is 0.133 e. The molecule has 0 amide bonds. The predicted octanol–water partition coefficient (Wildman–Crippen LogP) is 3.88. The highest BCUT2D eigenvalue weighted by Crippen LogP contribution is 2.41. The molecule has 3 rings (SSSR count). The molecule has 2 N–H and O–H groups in total. The fourth-order valence-corrected chi connectivity index (χ4v) is 3.34. The molecule has 0 aromatic heterocycles. The van der Waals surface area contributed by atoms with E-state index in [0.29, 0.717) is 24.3 Å². The lowest BCUT2D eigenvalue weighted by Gasteiger charge is -2.16. The molecule has 116 valence electrons. The van der Waals surface area contributed by atoms with Crippen molar-refractivity contribution in [1.29, 1.82) is 0 Å². The van der Waals surface area contributed by atoms with E-state index in [2.05, 4.69) is 32.0 Å². The van der Waals surface area contributed by atoms with Crippen molar-refractivity contribution in [3.63, 3.8) is 0 Å². The quantitative estimate of drug-likeness (QED) is 0.930. The van der Waals surface area contributed by atoms with E-state index < -0.39 is 0 Å². The third kappa shape index (κ3) is 2.40. The fraction of sp³-hybridized carbons (Fsp3) is 0.368. The zero-order chi connectivity index (χ0) is 15.7. The van der Waals surface area contributed by atoms with Gasteiger partial charge in [0, 0.05) is 24.1 Å². The summed E-state index contributed by atoms with van der Waals surface area (Å²) in [7, 11) is 0. The first-order valence-corrected chi connectivity index (χ1v) is 7.98. The van der Waals surface area contributed by atoms with Crippen molar-refractivity contribution in [3.8, 4) is 16.9 Å². The minimum Gasteiger partial charge on any atom is -0.488 e. The van der Waals surface area contributed by atoms with Gasteiger partial charge in [-0.05, 0) is 41.7 Å². The number of halogens is 1. The second kappa shape index (κ2) is 6.09. The van der Waals surface area contributed by atoms with E-state index in [1.807, 2.05) is 6.07 Å². The van der Waals surface area contributed by atoms with Crippen molar-refractivity contribution in [2.24, 2.45) is 5.73 Å². The van der Waals surface area contributed by atoms with Gasteiger partial charge in [-0.15, -0.1) is 0 Å². The third-order valence-corrected chi connectivity index (χ3v) is 4.48. The lowest BCUT2D eigenvalue weighted by molar-refractivity contribution is 0.242. The van der Waals surface area contributed by atoms with Crippen molar-refractivity contribution in [2.75, 3.05) is 6.54 Å². The molecule has 2 aromatic rings. The van der Waals surface area contributed by atoms with Crippen LogP contribution in [-0.4, -0.2) is 12.6 Å². The van der Waals surface area contributed by atoms with Crippen LogP contribution in [0.2, 0.25) is 0 Å². The molecule has 0 spiro atoms. The Morgan fingerprint density at radius 1 is 1.14 bits per heavy atom. The van der Waals surface area contributed by atoms with Gasteiger partial charge in [-0.2, -0.15) is 0 Å². The Morgan fingerprint density at radius 3 is 2.64 bits per heavy atom. The number of hydrogen-bond donors (Lipinski definition) is 1. The Balaban J connectivity index is 2.18. The molecule has 1 aliphatic rings. The summed E-state index contributed by atoms with van der Waals surface area (Å²) < 4.78 is 20.0. The number of benzene rings is 2. The van der Waals surface area contributed by atoms with Gasteiger partial charge in [0.2, 0.25) is 0 Å². The largest absolute Gasteiger partial charge is 0.488 e. The van der Waals surface area contributed by atoms with Crippen molar-refractivity contribution in [2.45, 2.75) is 39.2 Å². The van der Waals surface area contributed by atoms with Crippen LogP contribution < -0.4 is 10.5 Å². The first-order chi connectivity index (χ1) is 10.7. The minimum atomic E-state index is -0.195. The van der Waals surface area contributed by atoms with Crippen LogP contribution in [0.5, 0.6) is 5.75 Å². The summed E-state index contributed by atoms with van der Waals surface area (Å²) in [5.41, 5.74) is 11.2. The number of fused-ring (bicyclic) bond motifs is 1. The van der Waals surface area contributed by atoms with Crippen molar-refractivity contribution < 1.29 is 9.13 Å².